The van der Waals surface area contributed by atoms with Gasteiger partial charge in [0.25, 0.3) is 0 Å². The molecule has 2 N–H and O–H groups in total. The molecule has 0 fully saturated rings. The Hall–Kier alpha value is -0.470. The van der Waals surface area contributed by atoms with Crippen molar-refractivity contribution >= 4 is 11.8 Å². The Balaban J connectivity index is 2.46. The van der Waals surface area contributed by atoms with Crippen LogP contribution in [0.15, 0.2) is 24.3 Å². The topological polar surface area (TPSA) is 26.0 Å². The van der Waals surface area contributed by atoms with Crippen molar-refractivity contribution in [2.75, 3.05) is 11.5 Å². The lowest BCUT2D eigenvalue weighted by Gasteiger charge is -2.11. The molecule has 15 heavy (non-hydrogen) atoms. The van der Waals surface area contributed by atoms with Gasteiger partial charge in [0.15, 0.2) is 0 Å². The van der Waals surface area contributed by atoms with E-state index in [0.717, 1.165) is 12.2 Å². The third kappa shape index (κ3) is 4.27. The predicted molar refractivity (Wildman–Crippen MR) is 70.4 cm³/mol. The first kappa shape index (κ1) is 12.6. The average Bonchev–Trinajstić information content (AvgIpc) is 2.29. The van der Waals surface area contributed by atoms with E-state index in [1.807, 2.05) is 11.8 Å². The molecule has 0 saturated heterocycles. The van der Waals surface area contributed by atoms with Crippen LogP contribution in [-0.2, 0) is 6.42 Å². The summed E-state index contributed by atoms with van der Waals surface area (Å²) in [4.78, 5) is 0. The summed E-state index contributed by atoms with van der Waals surface area (Å²) in [6, 6.07) is 8.87. The molecule has 0 aromatic heterocycles. The van der Waals surface area contributed by atoms with Crippen molar-refractivity contribution in [1.29, 1.82) is 0 Å². The van der Waals surface area contributed by atoms with Gasteiger partial charge in [-0.05, 0) is 29.7 Å². The molecule has 0 aliphatic carbocycles. The normalized spacial score (nSPS) is 12.7. The number of nitrogens with two attached hydrogens (primary N) is 1. The molecule has 0 spiro atoms. The Kier molecular flexibility index (Phi) is 5.81. The first-order valence-corrected chi connectivity index (χ1v) is 6.85. The maximum atomic E-state index is 6.11. The zero-order chi connectivity index (χ0) is 11.1. The van der Waals surface area contributed by atoms with Crippen molar-refractivity contribution in [3.63, 3.8) is 0 Å². The number of thioether (sulfide) groups is 1. The molecule has 2 heteroatoms. The molecule has 0 amide bonds. The predicted octanol–water partition coefficient (Wildman–Crippen LogP) is 3.39. The highest BCUT2D eigenvalue weighted by molar-refractivity contribution is 7.99. The van der Waals surface area contributed by atoms with E-state index in [4.69, 9.17) is 5.73 Å². The second kappa shape index (κ2) is 6.91. The molecular weight excluding hydrogens is 202 g/mol. The van der Waals surface area contributed by atoms with E-state index in [-0.39, 0.29) is 6.04 Å². The summed E-state index contributed by atoms with van der Waals surface area (Å²) < 4.78 is 0. The van der Waals surface area contributed by atoms with Crippen molar-refractivity contribution in [2.24, 2.45) is 5.73 Å². The molecule has 0 aliphatic rings. The van der Waals surface area contributed by atoms with Crippen LogP contribution < -0.4 is 5.73 Å². The molecule has 0 radical (unpaired) electrons. The average molecular weight is 223 g/mol. The first-order chi connectivity index (χ1) is 7.27. The Morgan fingerprint density at radius 1 is 1.20 bits per heavy atom. The van der Waals surface area contributed by atoms with Gasteiger partial charge in [0, 0.05) is 11.8 Å². The van der Waals surface area contributed by atoms with Gasteiger partial charge in [0.05, 0.1) is 0 Å². The zero-order valence-electron chi connectivity index (χ0n) is 9.70. The Labute approximate surface area is 97.4 Å². The van der Waals surface area contributed by atoms with Gasteiger partial charge in [0.2, 0.25) is 0 Å². The van der Waals surface area contributed by atoms with Crippen LogP contribution in [0.1, 0.15) is 37.4 Å². The number of benzene rings is 1. The van der Waals surface area contributed by atoms with Crippen LogP contribution in [0.2, 0.25) is 0 Å². The van der Waals surface area contributed by atoms with Gasteiger partial charge in [-0.1, -0.05) is 38.1 Å². The largest absolute Gasteiger partial charge is 0.323 e. The lowest BCUT2D eigenvalue weighted by molar-refractivity contribution is 0.829. The van der Waals surface area contributed by atoms with Crippen LogP contribution in [0, 0.1) is 0 Å². The summed E-state index contributed by atoms with van der Waals surface area (Å²) >= 11 is 1.94. The van der Waals surface area contributed by atoms with Crippen LogP contribution in [0.4, 0.5) is 0 Å². The molecule has 0 bridgehead atoms. The molecule has 1 rings (SSSR count). The van der Waals surface area contributed by atoms with Crippen molar-refractivity contribution in [3.8, 4) is 0 Å². The van der Waals surface area contributed by atoms with E-state index in [0.29, 0.717) is 0 Å². The van der Waals surface area contributed by atoms with E-state index in [9.17, 15) is 0 Å². The molecular formula is C13H21NS. The molecule has 84 valence electrons. The van der Waals surface area contributed by atoms with Crippen molar-refractivity contribution < 1.29 is 0 Å². The van der Waals surface area contributed by atoms with Gasteiger partial charge in [0.1, 0.15) is 0 Å². The first-order valence-electron chi connectivity index (χ1n) is 5.70. The Morgan fingerprint density at radius 2 is 1.87 bits per heavy atom. The van der Waals surface area contributed by atoms with Crippen LogP contribution in [0.25, 0.3) is 0 Å². The van der Waals surface area contributed by atoms with Crippen molar-refractivity contribution in [3.05, 3.63) is 35.4 Å². The number of hydrogen-bond donors (Lipinski definition) is 1. The summed E-state index contributed by atoms with van der Waals surface area (Å²) in [5.41, 5.74) is 8.75. The van der Waals surface area contributed by atoms with Gasteiger partial charge in [-0.25, -0.2) is 0 Å². The second-order valence-electron chi connectivity index (χ2n) is 3.78. The highest BCUT2D eigenvalue weighted by atomic mass is 32.2. The van der Waals surface area contributed by atoms with Crippen LogP contribution in [-0.4, -0.2) is 11.5 Å². The highest BCUT2D eigenvalue weighted by Crippen LogP contribution is 2.17. The number of hydrogen-bond acceptors (Lipinski definition) is 2. The fourth-order valence-electron chi connectivity index (χ4n) is 1.45. The Morgan fingerprint density at radius 3 is 2.40 bits per heavy atom. The zero-order valence-corrected chi connectivity index (χ0v) is 10.5. The quantitative estimate of drug-likeness (QED) is 0.748. The lowest BCUT2D eigenvalue weighted by atomic mass is 10.1. The van der Waals surface area contributed by atoms with Gasteiger partial charge in [-0.3, -0.25) is 0 Å². The molecule has 0 heterocycles. The summed E-state index contributed by atoms with van der Waals surface area (Å²) in [7, 11) is 0. The SMILES string of the molecule is CCCSCC(N)c1ccc(CC)cc1. The fourth-order valence-corrected chi connectivity index (χ4v) is 2.35. The summed E-state index contributed by atoms with van der Waals surface area (Å²) in [5.74, 6) is 2.24. The highest BCUT2D eigenvalue weighted by Gasteiger charge is 2.04. The van der Waals surface area contributed by atoms with E-state index < -0.39 is 0 Å². The van der Waals surface area contributed by atoms with Gasteiger partial charge >= 0.3 is 0 Å². The van der Waals surface area contributed by atoms with Gasteiger partial charge in [-0.15, -0.1) is 0 Å². The van der Waals surface area contributed by atoms with E-state index in [2.05, 4.69) is 38.1 Å². The molecule has 1 unspecified atom stereocenters. The number of rotatable bonds is 6. The van der Waals surface area contributed by atoms with Crippen LogP contribution in [0.5, 0.6) is 0 Å². The summed E-state index contributed by atoms with van der Waals surface area (Å²) in [6.45, 7) is 4.38. The van der Waals surface area contributed by atoms with Gasteiger partial charge < -0.3 is 5.73 Å². The van der Waals surface area contributed by atoms with Gasteiger partial charge in [-0.2, -0.15) is 11.8 Å². The lowest BCUT2D eigenvalue weighted by Crippen LogP contribution is -2.13. The van der Waals surface area contributed by atoms with Crippen LogP contribution >= 0.6 is 11.8 Å². The third-order valence-electron chi connectivity index (χ3n) is 2.46. The van der Waals surface area contributed by atoms with Crippen LogP contribution in [0.3, 0.4) is 0 Å². The monoisotopic (exact) mass is 223 g/mol. The summed E-state index contributed by atoms with van der Waals surface area (Å²) in [6.07, 6.45) is 2.33. The fraction of sp³-hybridized carbons (Fsp3) is 0.538. The minimum atomic E-state index is 0.187. The van der Waals surface area contributed by atoms with Crippen molar-refractivity contribution in [1.82, 2.24) is 0 Å². The minimum absolute atomic E-state index is 0.187. The molecule has 1 atom stereocenters. The molecule has 0 saturated carbocycles. The Bertz CT molecular complexity index is 268. The maximum Gasteiger partial charge on any atom is 0.0386 e. The number of aryl methyl sites for hydroxylation is 1. The van der Waals surface area contributed by atoms with E-state index in [1.54, 1.807) is 0 Å². The molecule has 1 nitrogen and oxygen atoms in total. The molecule has 1 aromatic rings. The second-order valence-corrected chi connectivity index (χ2v) is 4.93. The third-order valence-corrected chi connectivity index (χ3v) is 3.75. The molecule has 0 aliphatic heterocycles. The van der Waals surface area contributed by atoms with Crippen molar-refractivity contribution in [2.45, 2.75) is 32.7 Å². The maximum absolute atomic E-state index is 6.11. The molecule has 1 aromatic carbocycles. The standard InChI is InChI=1S/C13H21NS/c1-3-9-15-10-13(14)12-7-5-11(4-2)6-8-12/h5-8,13H,3-4,9-10,14H2,1-2H3. The minimum Gasteiger partial charge on any atom is -0.323 e. The summed E-state index contributed by atoms with van der Waals surface area (Å²) in [5, 5.41) is 0. The smallest absolute Gasteiger partial charge is 0.0386 e. The van der Waals surface area contributed by atoms with E-state index in [1.165, 1.54) is 23.3 Å². The van der Waals surface area contributed by atoms with E-state index >= 15 is 0 Å².